The maximum absolute atomic E-state index is 10.9. The lowest BCUT2D eigenvalue weighted by atomic mass is 10.1. The molecular formula is C25H23NO4. The Hall–Kier alpha value is -3.73. The zero-order valence-electron chi connectivity index (χ0n) is 17.4. The summed E-state index contributed by atoms with van der Waals surface area (Å²) in [5, 5.41) is 11.5. The van der Waals surface area contributed by atoms with Crippen molar-refractivity contribution in [2.45, 2.75) is 13.8 Å². The lowest BCUT2D eigenvalue weighted by Gasteiger charge is -2.11. The summed E-state index contributed by atoms with van der Waals surface area (Å²) >= 11 is 0. The molecule has 0 amide bonds. The second-order valence-electron chi connectivity index (χ2n) is 7.15. The Bertz CT molecular complexity index is 1230. The molecule has 0 aliphatic heterocycles. The Balaban J connectivity index is 1.97. The van der Waals surface area contributed by atoms with Gasteiger partial charge in [0.2, 0.25) is 0 Å². The second kappa shape index (κ2) is 7.95. The first-order chi connectivity index (χ1) is 14.5. The van der Waals surface area contributed by atoms with Crippen LogP contribution in [-0.4, -0.2) is 25.0 Å². The summed E-state index contributed by atoms with van der Waals surface area (Å²) in [7, 11) is 3.17. The fraction of sp³-hybridized carbons (Fsp3) is 0.160. The van der Waals surface area contributed by atoms with Crippen LogP contribution in [-0.2, 0) is 0 Å². The van der Waals surface area contributed by atoms with Crippen molar-refractivity contribution < 1.29 is 19.0 Å². The topological polar surface area (TPSA) is 64.2 Å². The third kappa shape index (κ3) is 3.62. The van der Waals surface area contributed by atoms with Gasteiger partial charge in [-0.25, -0.2) is 4.99 Å². The minimum absolute atomic E-state index is 0.0588. The number of benzene rings is 3. The normalized spacial score (nSPS) is 11.7. The Kier molecular flexibility index (Phi) is 5.19. The van der Waals surface area contributed by atoms with Gasteiger partial charge in [0.1, 0.15) is 11.3 Å². The van der Waals surface area contributed by atoms with E-state index in [0.29, 0.717) is 33.9 Å². The van der Waals surface area contributed by atoms with Crippen molar-refractivity contribution in [3.05, 3.63) is 83.1 Å². The standard InChI is InChI=1S/C25H23NO4/c1-15-11-16(2)13-18(12-15)26-23(17-9-10-21(28-3)22(14-17)29-4)25-24(27)19-7-5-6-8-20(19)30-25/h5-14,27H,1-4H3. The van der Waals surface area contributed by atoms with Crippen LogP contribution in [0.5, 0.6) is 17.2 Å². The molecule has 0 saturated heterocycles. The van der Waals surface area contributed by atoms with Crippen LogP contribution in [0, 0.1) is 13.8 Å². The number of aryl methyl sites for hydroxylation is 2. The third-order valence-corrected chi connectivity index (χ3v) is 4.89. The van der Waals surface area contributed by atoms with Crippen LogP contribution in [0.4, 0.5) is 5.69 Å². The highest BCUT2D eigenvalue weighted by atomic mass is 16.5. The molecule has 4 aromatic rings. The number of aliphatic imine (C=N–C) groups is 1. The number of para-hydroxylation sites is 1. The smallest absolute Gasteiger partial charge is 0.196 e. The molecule has 0 unspecified atom stereocenters. The van der Waals surface area contributed by atoms with Gasteiger partial charge in [0, 0.05) is 5.56 Å². The number of rotatable bonds is 5. The molecule has 0 bridgehead atoms. The predicted molar refractivity (Wildman–Crippen MR) is 119 cm³/mol. The zero-order chi connectivity index (χ0) is 21.3. The molecule has 0 atom stereocenters. The van der Waals surface area contributed by atoms with E-state index >= 15 is 0 Å². The van der Waals surface area contributed by atoms with E-state index in [1.807, 2.05) is 68.4 Å². The van der Waals surface area contributed by atoms with Crippen LogP contribution in [0.2, 0.25) is 0 Å². The molecule has 4 rings (SSSR count). The number of ether oxygens (including phenoxy) is 2. The van der Waals surface area contributed by atoms with Gasteiger partial charge in [0.25, 0.3) is 0 Å². The molecule has 5 heteroatoms. The van der Waals surface area contributed by atoms with E-state index in [2.05, 4.69) is 6.07 Å². The number of aromatic hydroxyl groups is 1. The summed E-state index contributed by atoms with van der Waals surface area (Å²) in [6.07, 6.45) is 0. The van der Waals surface area contributed by atoms with Crippen LogP contribution in [0.25, 0.3) is 11.0 Å². The molecule has 1 aromatic heterocycles. The molecule has 0 fully saturated rings. The van der Waals surface area contributed by atoms with E-state index in [4.69, 9.17) is 18.9 Å². The molecule has 0 saturated carbocycles. The lowest BCUT2D eigenvalue weighted by Crippen LogP contribution is -2.03. The first-order valence-electron chi connectivity index (χ1n) is 9.60. The lowest BCUT2D eigenvalue weighted by molar-refractivity contribution is 0.355. The molecule has 1 heterocycles. The van der Waals surface area contributed by atoms with Gasteiger partial charge in [-0.2, -0.15) is 0 Å². The van der Waals surface area contributed by atoms with Gasteiger partial charge in [-0.15, -0.1) is 0 Å². The van der Waals surface area contributed by atoms with E-state index in [-0.39, 0.29) is 5.75 Å². The fourth-order valence-corrected chi connectivity index (χ4v) is 3.57. The predicted octanol–water partition coefficient (Wildman–Crippen LogP) is 5.94. The monoisotopic (exact) mass is 401 g/mol. The summed E-state index contributed by atoms with van der Waals surface area (Å²) in [6, 6.07) is 19.0. The summed E-state index contributed by atoms with van der Waals surface area (Å²) in [4.78, 5) is 4.87. The van der Waals surface area contributed by atoms with Gasteiger partial charge >= 0.3 is 0 Å². The van der Waals surface area contributed by atoms with E-state index in [1.54, 1.807) is 14.2 Å². The molecule has 1 N–H and O–H groups in total. The van der Waals surface area contributed by atoms with Crippen LogP contribution >= 0.6 is 0 Å². The zero-order valence-corrected chi connectivity index (χ0v) is 17.4. The van der Waals surface area contributed by atoms with E-state index in [1.165, 1.54) is 0 Å². The molecule has 0 aliphatic carbocycles. The van der Waals surface area contributed by atoms with Gasteiger partial charge in [-0.05, 0) is 67.4 Å². The Morgan fingerprint density at radius 2 is 1.57 bits per heavy atom. The van der Waals surface area contributed by atoms with E-state index in [0.717, 1.165) is 22.4 Å². The average molecular weight is 401 g/mol. The van der Waals surface area contributed by atoms with Crippen molar-refractivity contribution >= 4 is 22.4 Å². The van der Waals surface area contributed by atoms with E-state index < -0.39 is 0 Å². The molecule has 30 heavy (non-hydrogen) atoms. The number of hydrogen-bond donors (Lipinski definition) is 1. The minimum Gasteiger partial charge on any atom is -0.504 e. The molecular weight excluding hydrogens is 378 g/mol. The number of fused-ring (bicyclic) bond motifs is 1. The van der Waals surface area contributed by atoms with Crippen molar-refractivity contribution in [1.82, 2.24) is 0 Å². The number of nitrogens with zero attached hydrogens (tertiary/aromatic N) is 1. The molecule has 0 aliphatic rings. The van der Waals surface area contributed by atoms with Gasteiger partial charge < -0.3 is 19.0 Å². The summed E-state index contributed by atoms with van der Waals surface area (Å²) in [5.41, 5.74) is 4.83. The molecule has 152 valence electrons. The van der Waals surface area contributed by atoms with Crippen LogP contribution < -0.4 is 9.47 Å². The third-order valence-electron chi connectivity index (χ3n) is 4.89. The molecule has 3 aromatic carbocycles. The quantitative estimate of drug-likeness (QED) is 0.420. The summed E-state index contributed by atoms with van der Waals surface area (Å²) in [6.45, 7) is 4.06. The molecule has 5 nitrogen and oxygen atoms in total. The summed E-state index contributed by atoms with van der Waals surface area (Å²) < 4.78 is 16.9. The number of hydrogen-bond acceptors (Lipinski definition) is 5. The van der Waals surface area contributed by atoms with Crippen LogP contribution in [0.15, 0.2) is 70.1 Å². The van der Waals surface area contributed by atoms with Gasteiger partial charge in [0.05, 0.1) is 25.3 Å². The minimum atomic E-state index is 0.0588. The Morgan fingerprint density at radius 1 is 0.867 bits per heavy atom. The van der Waals surface area contributed by atoms with Crippen LogP contribution in [0.3, 0.4) is 0 Å². The molecule has 0 spiro atoms. The maximum Gasteiger partial charge on any atom is 0.196 e. The second-order valence-corrected chi connectivity index (χ2v) is 7.15. The van der Waals surface area contributed by atoms with Crippen LogP contribution in [0.1, 0.15) is 22.5 Å². The molecule has 0 radical (unpaired) electrons. The number of furan rings is 1. The maximum atomic E-state index is 10.9. The largest absolute Gasteiger partial charge is 0.504 e. The van der Waals surface area contributed by atoms with Crippen molar-refractivity contribution in [1.29, 1.82) is 0 Å². The van der Waals surface area contributed by atoms with Gasteiger partial charge in [-0.3, -0.25) is 0 Å². The van der Waals surface area contributed by atoms with Gasteiger partial charge in [-0.1, -0.05) is 18.2 Å². The van der Waals surface area contributed by atoms with Gasteiger partial charge in [0.15, 0.2) is 23.0 Å². The average Bonchev–Trinajstić information content (AvgIpc) is 3.07. The Morgan fingerprint density at radius 3 is 2.23 bits per heavy atom. The SMILES string of the molecule is COc1ccc(C(=Nc2cc(C)cc(C)c2)c2oc3ccccc3c2O)cc1OC. The summed E-state index contributed by atoms with van der Waals surface area (Å²) in [5.74, 6) is 1.55. The first kappa shape index (κ1) is 19.6. The highest BCUT2D eigenvalue weighted by Gasteiger charge is 2.21. The highest BCUT2D eigenvalue weighted by Crippen LogP contribution is 2.36. The fourth-order valence-electron chi connectivity index (χ4n) is 3.57. The van der Waals surface area contributed by atoms with Crippen molar-refractivity contribution in [3.8, 4) is 17.2 Å². The van der Waals surface area contributed by atoms with E-state index in [9.17, 15) is 5.11 Å². The number of methoxy groups -OCH3 is 2. The highest BCUT2D eigenvalue weighted by molar-refractivity contribution is 6.16. The van der Waals surface area contributed by atoms with Crippen molar-refractivity contribution in [2.24, 2.45) is 4.99 Å². The van der Waals surface area contributed by atoms with Crippen molar-refractivity contribution in [3.63, 3.8) is 0 Å². The Labute approximate surface area is 175 Å². The van der Waals surface area contributed by atoms with Crippen molar-refractivity contribution in [2.75, 3.05) is 14.2 Å². The first-order valence-corrected chi connectivity index (χ1v) is 9.60.